The highest BCUT2D eigenvalue weighted by Gasteiger charge is 2.27. The molecule has 0 unspecified atom stereocenters. The Bertz CT molecular complexity index is 558. The van der Waals surface area contributed by atoms with Crippen LogP contribution in [0.4, 0.5) is 11.4 Å². The van der Waals surface area contributed by atoms with Crippen LogP contribution < -0.4 is 16.2 Å². The number of nitrogens with two attached hydrogens (primary N) is 1. The molecule has 0 spiro atoms. The van der Waals surface area contributed by atoms with Gasteiger partial charge in [0.05, 0.1) is 4.92 Å². The zero-order chi connectivity index (χ0) is 14.0. The summed E-state index contributed by atoms with van der Waals surface area (Å²) < 4.78 is 0. The SMILES string of the molecule is NNC(=O)CN1C(=O)CCc2cc([N+](=O)[O-])ccc21. The lowest BCUT2D eigenvalue weighted by atomic mass is 10.0. The monoisotopic (exact) mass is 264 g/mol. The number of anilines is 1. The van der Waals surface area contributed by atoms with Crippen LogP contribution in [-0.4, -0.2) is 23.3 Å². The maximum Gasteiger partial charge on any atom is 0.269 e. The van der Waals surface area contributed by atoms with E-state index in [0.29, 0.717) is 17.7 Å². The lowest BCUT2D eigenvalue weighted by Gasteiger charge is -2.28. The number of hydrogen-bond donors (Lipinski definition) is 2. The summed E-state index contributed by atoms with van der Waals surface area (Å²) >= 11 is 0. The average molecular weight is 264 g/mol. The van der Waals surface area contributed by atoms with E-state index in [4.69, 9.17) is 5.84 Å². The van der Waals surface area contributed by atoms with E-state index in [-0.39, 0.29) is 24.6 Å². The summed E-state index contributed by atoms with van der Waals surface area (Å²) in [5.74, 6) is 4.29. The molecule has 8 nitrogen and oxygen atoms in total. The number of nitrogens with one attached hydrogen (secondary N) is 1. The lowest BCUT2D eigenvalue weighted by Crippen LogP contribution is -2.45. The van der Waals surface area contributed by atoms with E-state index in [2.05, 4.69) is 0 Å². The van der Waals surface area contributed by atoms with Crippen molar-refractivity contribution in [2.24, 2.45) is 5.84 Å². The fraction of sp³-hybridized carbons (Fsp3) is 0.273. The molecule has 0 fully saturated rings. The average Bonchev–Trinajstić information content (AvgIpc) is 2.41. The molecule has 3 N–H and O–H groups in total. The van der Waals surface area contributed by atoms with Gasteiger partial charge in [0.1, 0.15) is 6.54 Å². The highest BCUT2D eigenvalue weighted by Crippen LogP contribution is 2.30. The Morgan fingerprint density at radius 1 is 1.47 bits per heavy atom. The lowest BCUT2D eigenvalue weighted by molar-refractivity contribution is -0.384. The number of non-ortho nitro benzene ring substituents is 1. The molecule has 1 aromatic carbocycles. The van der Waals surface area contributed by atoms with Gasteiger partial charge in [-0.1, -0.05) is 0 Å². The second-order valence-corrected chi connectivity index (χ2v) is 4.12. The van der Waals surface area contributed by atoms with Crippen LogP contribution in [0.1, 0.15) is 12.0 Å². The summed E-state index contributed by atoms with van der Waals surface area (Å²) in [6.45, 7) is -0.194. The zero-order valence-electron chi connectivity index (χ0n) is 9.96. The molecule has 100 valence electrons. The van der Waals surface area contributed by atoms with Crippen LogP contribution in [0.3, 0.4) is 0 Å². The number of amides is 2. The van der Waals surface area contributed by atoms with E-state index in [0.717, 1.165) is 0 Å². The van der Waals surface area contributed by atoms with Crippen LogP contribution in [0.15, 0.2) is 18.2 Å². The molecule has 1 heterocycles. The summed E-state index contributed by atoms with van der Waals surface area (Å²) in [6, 6.07) is 4.22. The van der Waals surface area contributed by atoms with Crippen LogP contribution in [0, 0.1) is 10.1 Å². The zero-order valence-corrected chi connectivity index (χ0v) is 9.96. The first-order valence-corrected chi connectivity index (χ1v) is 5.60. The summed E-state index contributed by atoms with van der Waals surface area (Å²) in [5.41, 5.74) is 3.12. The van der Waals surface area contributed by atoms with Gasteiger partial charge in [-0.15, -0.1) is 0 Å². The third kappa shape index (κ3) is 2.52. The van der Waals surface area contributed by atoms with Crippen molar-refractivity contribution in [1.82, 2.24) is 5.43 Å². The highest BCUT2D eigenvalue weighted by molar-refractivity contribution is 6.01. The quantitative estimate of drug-likeness (QED) is 0.341. The van der Waals surface area contributed by atoms with Gasteiger partial charge >= 0.3 is 0 Å². The van der Waals surface area contributed by atoms with Gasteiger partial charge in [-0.2, -0.15) is 0 Å². The summed E-state index contributed by atoms with van der Waals surface area (Å²) in [5, 5.41) is 10.7. The molecular formula is C11H12N4O4. The number of carbonyl (C=O) groups excluding carboxylic acids is 2. The fourth-order valence-corrected chi connectivity index (χ4v) is 2.02. The maximum absolute atomic E-state index is 11.8. The molecule has 2 amide bonds. The van der Waals surface area contributed by atoms with Crippen molar-refractivity contribution in [2.45, 2.75) is 12.8 Å². The summed E-state index contributed by atoms with van der Waals surface area (Å²) in [4.78, 5) is 34.6. The number of aryl methyl sites for hydroxylation is 1. The van der Waals surface area contributed by atoms with Crippen LogP contribution in [0.5, 0.6) is 0 Å². The molecular weight excluding hydrogens is 252 g/mol. The summed E-state index contributed by atoms with van der Waals surface area (Å²) in [6.07, 6.45) is 0.641. The first-order chi connectivity index (χ1) is 9.02. The van der Waals surface area contributed by atoms with Crippen molar-refractivity contribution >= 4 is 23.2 Å². The molecule has 0 saturated carbocycles. The van der Waals surface area contributed by atoms with Crippen LogP contribution in [0.25, 0.3) is 0 Å². The van der Waals surface area contributed by atoms with E-state index in [9.17, 15) is 19.7 Å². The van der Waals surface area contributed by atoms with Crippen molar-refractivity contribution in [3.8, 4) is 0 Å². The Morgan fingerprint density at radius 3 is 2.84 bits per heavy atom. The molecule has 19 heavy (non-hydrogen) atoms. The van der Waals surface area contributed by atoms with Crippen LogP contribution in [0.2, 0.25) is 0 Å². The number of hydrogen-bond acceptors (Lipinski definition) is 5. The minimum atomic E-state index is -0.500. The van der Waals surface area contributed by atoms with Gasteiger partial charge in [-0.25, -0.2) is 5.84 Å². The van der Waals surface area contributed by atoms with E-state index >= 15 is 0 Å². The topological polar surface area (TPSA) is 119 Å². The minimum Gasteiger partial charge on any atom is -0.303 e. The largest absolute Gasteiger partial charge is 0.303 e. The first kappa shape index (κ1) is 13.0. The van der Waals surface area contributed by atoms with E-state index in [1.54, 1.807) is 0 Å². The molecule has 0 radical (unpaired) electrons. The molecule has 1 aliphatic heterocycles. The van der Waals surface area contributed by atoms with Gasteiger partial charge < -0.3 is 4.90 Å². The third-order valence-corrected chi connectivity index (χ3v) is 2.94. The Labute approximate surface area is 108 Å². The van der Waals surface area contributed by atoms with E-state index in [1.807, 2.05) is 5.43 Å². The molecule has 0 atom stereocenters. The van der Waals surface area contributed by atoms with Crippen molar-refractivity contribution < 1.29 is 14.5 Å². The van der Waals surface area contributed by atoms with Gasteiger partial charge in [0.2, 0.25) is 5.91 Å². The van der Waals surface area contributed by atoms with Crippen LogP contribution in [-0.2, 0) is 16.0 Å². The Hall–Kier alpha value is -2.48. The number of nitro benzene ring substituents is 1. The van der Waals surface area contributed by atoms with Gasteiger partial charge in [-0.3, -0.25) is 25.1 Å². The molecule has 0 saturated heterocycles. The van der Waals surface area contributed by atoms with Gasteiger partial charge in [0, 0.05) is 24.2 Å². The number of nitro groups is 1. The normalized spacial score (nSPS) is 13.9. The minimum absolute atomic E-state index is 0.0312. The number of rotatable bonds is 3. The molecule has 2 rings (SSSR count). The van der Waals surface area contributed by atoms with Gasteiger partial charge in [0.15, 0.2) is 0 Å². The highest BCUT2D eigenvalue weighted by atomic mass is 16.6. The number of benzene rings is 1. The molecule has 0 aromatic heterocycles. The van der Waals surface area contributed by atoms with Crippen molar-refractivity contribution in [3.05, 3.63) is 33.9 Å². The standard InChI is InChI=1S/C11H12N4O4/c12-13-10(16)6-14-9-3-2-8(15(18)19)5-7(9)1-4-11(14)17/h2-3,5H,1,4,6,12H2,(H,13,16). The predicted molar refractivity (Wildman–Crippen MR) is 66.1 cm³/mol. The molecule has 1 aromatic rings. The number of fused-ring (bicyclic) bond motifs is 1. The first-order valence-electron chi connectivity index (χ1n) is 5.60. The van der Waals surface area contributed by atoms with Crippen LogP contribution >= 0.6 is 0 Å². The second kappa shape index (κ2) is 5.02. The Kier molecular flexibility index (Phi) is 3.43. The number of nitrogens with zero attached hydrogens (tertiary/aromatic N) is 2. The molecule has 1 aliphatic rings. The van der Waals surface area contributed by atoms with E-state index in [1.165, 1.54) is 23.1 Å². The maximum atomic E-state index is 11.8. The Balaban J connectivity index is 2.36. The van der Waals surface area contributed by atoms with Gasteiger partial charge in [0.25, 0.3) is 11.6 Å². The van der Waals surface area contributed by atoms with Crippen molar-refractivity contribution in [3.63, 3.8) is 0 Å². The molecule has 8 heteroatoms. The second-order valence-electron chi connectivity index (χ2n) is 4.12. The summed E-state index contributed by atoms with van der Waals surface area (Å²) in [7, 11) is 0. The Morgan fingerprint density at radius 2 is 2.21 bits per heavy atom. The number of hydrazine groups is 1. The van der Waals surface area contributed by atoms with Crippen molar-refractivity contribution in [2.75, 3.05) is 11.4 Å². The van der Waals surface area contributed by atoms with Crippen molar-refractivity contribution in [1.29, 1.82) is 0 Å². The molecule has 0 bridgehead atoms. The smallest absolute Gasteiger partial charge is 0.269 e. The van der Waals surface area contributed by atoms with Gasteiger partial charge in [-0.05, 0) is 18.1 Å². The fourth-order valence-electron chi connectivity index (χ4n) is 2.02. The van der Waals surface area contributed by atoms with E-state index < -0.39 is 10.8 Å². The third-order valence-electron chi connectivity index (χ3n) is 2.94. The predicted octanol–water partition coefficient (Wildman–Crippen LogP) is -0.136. The number of carbonyl (C=O) groups is 2. The molecule has 0 aliphatic carbocycles.